The Kier molecular flexibility index (Phi) is 35.1. The Labute approximate surface area is 371 Å². The third-order valence-electron chi connectivity index (χ3n) is 11.5. The Hall–Kier alpha value is -2.17. The number of aryl methyl sites for hydroxylation is 4. The maximum Gasteiger partial charge on any atom is 0.135 e. The molecule has 0 aliphatic rings. The predicted octanol–water partition coefficient (Wildman–Crippen LogP) is 18.1. The van der Waals surface area contributed by atoms with Crippen molar-refractivity contribution in [3.8, 4) is 11.8 Å². The molecule has 2 nitrogen and oxygen atoms in total. The molecule has 0 aliphatic heterocycles. The molecule has 2 aromatic rings. The standard InChI is InChI=1S/C55H90N2.Ni/c1-7-13-19-21-23-24-25-26-27-29-35-41-55(57-53-46-50(38-32-17-11-5)43-51(47-53)39-33-18-12-6)54(40-34-28-22-20-14-8-2)56-52-44-48(36-30-15-9-3)42-49(45-52)37-31-16-10-4;/h42-47H,7-34,36-40H2,1-6H3;. The van der Waals surface area contributed by atoms with Gasteiger partial charge < -0.3 is 0 Å². The zero-order valence-corrected chi connectivity index (χ0v) is 40.0. The quantitative estimate of drug-likeness (QED) is 0.0286. The minimum absolute atomic E-state index is 0. The molecule has 0 N–H and O–H groups in total. The molecular formula is C55H90N2Ni. The fraction of sp³-hybridized carbons (Fsp3) is 0.709. The molecule has 0 saturated heterocycles. The minimum Gasteiger partial charge on any atom is -0.250 e. The van der Waals surface area contributed by atoms with Crippen LogP contribution in [0.25, 0.3) is 0 Å². The van der Waals surface area contributed by atoms with Crippen molar-refractivity contribution < 1.29 is 16.5 Å². The van der Waals surface area contributed by atoms with E-state index in [2.05, 4.69) is 89.8 Å². The zero-order chi connectivity index (χ0) is 41.0. The van der Waals surface area contributed by atoms with Crippen LogP contribution in [0.3, 0.4) is 0 Å². The normalized spacial score (nSPS) is 11.8. The van der Waals surface area contributed by atoms with E-state index in [1.165, 1.54) is 189 Å². The summed E-state index contributed by atoms with van der Waals surface area (Å²) in [5.74, 6) is 7.35. The average molecular weight is 838 g/mol. The van der Waals surface area contributed by atoms with E-state index in [1.807, 2.05) is 0 Å². The van der Waals surface area contributed by atoms with Crippen LogP contribution in [-0.4, -0.2) is 11.4 Å². The Morgan fingerprint density at radius 1 is 0.379 bits per heavy atom. The molecule has 0 unspecified atom stereocenters. The first-order chi connectivity index (χ1) is 28.1. The van der Waals surface area contributed by atoms with Crippen molar-refractivity contribution in [1.82, 2.24) is 0 Å². The molecule has 3 heteroatoms. The maximum absolute atomic E-state index is 5.59. The molecule has 2 rings (SSSR count). The summed E-state index contributed by atoms with van der Waals surface area (Å²) in [4.78, 5) is 11.1. The van der Waals surface area contributed by atoms with Crippen molar-refractivity contribution in [3.05, 3.63) is 58.7 Å². The van der Waals surface area contributed by atoms with E-state index >= 15 is 0 Å². The summed E-state index contributed by atoms with van der Waals surface area (Å²) in [7, 11) is 0. The van der Waals surface area contributed by atoms with Gasteiger partial charge in [-0.3, -0.25) is 4.99 Å². The molecule has 0 fully saturated rings. The number of unbranched alkanes of at least 4 members (excludes halogenated alkanes) is 22. The molecule has 0 amide bonds. The Morgan fingerprint density at radius 2 is 0.707 bits per heavy atom. The van der Waals surface area contributed by atoms with Gasteiger partial charge in [-0.1, -0.05) is 194 Å². The Morgan fingerprint density at radius 3 is 1.10 bits per heavy atom. The van der Waals surface area contributed by atoms with Gasteiger partial charge in [0.25, 0.3) is 0 Å². The van der Waals surface area contributed by atoms with Crippen molar-refractivity contribution in [1.29, 1.82) is 0 Å². The van der Waals surface area contributed by atoms with Gasteiger partial charge in [0.2, 0.25) is 0 Å². The predicted molar refractivity (Wildman–Crippen MR) is 258 cm³/mol. The smallest absolute Gasteiger partial charge is 0.135 e. The van der Waals surface area contributed by atoms with Gasteiger partial charge in [-0.2, -0.15) is 0 Å². The average Bonchev–Trinajstić information content (AvgIpc) is 3.21. The van der Waals surface area contributed by atoms with E-state index in [0.717, 1.165) is 67.7 Å². The van der Waals surface area contributed by atoms with E-state index in [0.29, 0.717) is 0 Å². The summed E-state index contributed by atoms with van der Waals surface area (Å²) >= 11 is 0. The summed E-state index contributed by atoms with van der Waals surface area (Å²) < 4.78 is 0. The van der Waals surface area contributed by atoms with Gasteiger partial charge in [-0.25, -0.2) is 4.99 Å². The summed E-state index contributed by atoms with van der Waals surface area (Å²) in [6, 6.07) is 14.4. The molecule has 2 aromatic carbocycles. The van der Waals surface area contributed by atoms with Gasteiger partial charge in [0, 0.05) is 22.9 Å². The Balaban J connectivity index is 0.0000168. The summed E-state index contributed by atoms with van der Waals surface area (Å²) in [6.45, 7) is 13.8. The number of aliphatic imine (C=N–C) groups is 2. The third-order valence-corrected chi connectivity index (χ3v) is 11.5. The third kappa shape index (κ3) is 26.8. The van der Waals surface area contributed by atoms with Crippen molar-refractivity contribution in [3.63, 3.8) is 0 Å². The van der Waals surface area contributed by atoms with E-state index in [9.17, 15) is 0 Å². The Bertz CT molecular complexity index is 1350. The molecule has 0 spiro atoms. The van der Waals surface area contributed by atoms with Gasteiger partial charge in [0.15, 0.2) is 0 Å². The number of nitrogens with zero attached hydrogens (tertiary/aromatic N) is 2. The molecule has 0 aromatic heterocycles. The van der Waals surface area contributed by atoms with Crippen molar-refractivity contribution in [2.24, 2.45) is 9.98 Å². The van der Waals surface area contributed by atoms with Crippen molar-refractivity contribution >= 4 is 22.8 Å². The fourth-order valence-corrected chi connectivity index (χ4v) is 7.93. The summed E-state index contributed by atoms with van der Waals surface area (Å²) in [5, 5.41) is 0. The van der Waals surface area contributed by atoms with Crippen LogP contribution in [0.1, 0.15) is 250 Å². The van der Waals surface area contributed by atoms with Crippen LogP contribution in [0, 0.1) is 11.8 Å². The number of hydrogen-bond donors (Lipinski definition) is 0. The number of hydrogen-bond acceptors (Lipinski definition) is 2. The largest absolute Gasteiger partial charge is 0.250 e. The molecule has 0 saturated carbocycles. The van der Waals surface area contributed by atoms with Crippen LogP contribution in [0.15, 0.2) is 46.4 Å². The monoisotopic (exact) mass is 837 g/mol. The molecule has 58 heavy (non-hydrogen) atoms. The fourth-order valence-electron chi connectivity index (χ4n) is 7.93. The molecule has 0 bridgehead atoms. The first-order valence-electron chi connectivity index (χ1n) is 25.0. The summed E-state index contributed by atoms with van der Waals surface area (Å²) in [5.41, 5.74) is 9.95. The number of rotatable bonds is 35. The molecular weight excluding hydrogens is 747 g/mol. The van der Waals surface area contributed by atoms with E-state index < -0.39 is 0 Å². The molecule has 0 heterocycles. The van der Waals surface area contributed by atoms with Gasteiger partial charge in [0.05, 0.1) is 17.1 Å². The molecule has 0 aliphatic carbocycles. The van der Waals surface area contributed by atoms with Gasteiger partial charge in [-0.15, -0.1) is 0 Å². The molecule has 0 radical (unpaired) electrons. The maximum atomic E-state index is 5.59. The van der Waals surface area contributed by atoms with Gasteiger partial charge >= 0.3 is 0 Å². The van der Waals surface area contributed by atoms with E-state index in [1.54, 1.807) is 0 Å². The van der Waals surface area contributed by atoms with Crippen LogP contribution in [0.5, 0.6) is 0 Å². The zero-order valence-electron chi connectivity index (χ0n) is 39.0. The topological polar surface area (TPSA) is 24.7 Å². The van der Waals surface area contributed by atoms with Crippen LogP contribution >= 0.6 is 0 Å². The second-order valence-corrected chi connectivity index (χ2v) is 17.3. The van der Waals surface area contributed by atoms with Crippen LogP contribution in [0.4, 0.5) is 11.4 Å². The van der Waals surface area contributed by atoms with Crippen molar-refractivity contribution in [2.75, 3.05) is 0 Å². The van der Waals surface area contributed by atoms with Gasteiger partial charge in [0.1, 0.15) is 5.71 Å². The van der Waals surface area contributed by atoms with E-state index in [-0.39, 0.29) is 16.5 Å². The van der Waals surface area contributed by atoms with Gasteiger partial charge in [-0.05, 0) is 123 Å². The summed E-state index contributed by atoms with van der Waals surface area (Å²) in [6.07, 6.45) is 41.2. The molecule has 330 valence electrons. The number of benzene rings is 2. The van der Waals surface area contributed by atoms with Crippen LogP contribution in [0.2, 0.25) is 0 Å². The first-order valence-corrected chi connectivity index (χ1v) is 25.0. The first kappa shape index (κ1) is 53.9. The second kappa shape index (κ2) is 37.8. The second-order valence-electron chi connectivity index (χ2n) is 17.3. The SMILES string of the molecule is CCCCCCCCCCCC#CC(=Nc1cc(CCCCC)cc(CCCCC)c1)C(CCCCCCCC)=Nc1cc(CCCCC)cc(CCCCC)c1.[Ni]. The van der Waals surface area contributed by atoms with E-state index in [4.69, 9.17) is 9.98 Å². The van der Waals surface area contributed by atoms with Crippen molar-refractivity contribution in [2.45, 2.75) is 253 Å². The van der Waals surface area contributed by atoms with Crippen LogP contribution in [-0.2, 0) is 42.2 Å². The molecule has 0 atom stereocenters. The van der Waals surface area contributed by atoms with Crippen LogP contribution < -0.4 is 0 Å². The minimum atomic E-state index is 0.